The molecule has 0 saturated carbocycles. The molecule has 2 aliphatic heterocycles. The van der Waals surface area contributed by atoms with Crippen LogP contribution < -0.4 is 0 Å². The highest BCUT2D eigenvalue weighted by atomic mass is 16.5. The third-order valence-electron chi connectivity index (χ3n) is 4.64. The van der Waals surface area contributed by atoms with Crippen LogP contribution in [0.25, 0.3) is 0 Å². The van der Waals surface area contributed by atoms with Crippen LogP contribution in [0, 0.1) is 5.92 Å². The number of hydrogen-bond donors (Lipinski definition) is 0. The number of ketones is 1. The topological polar surface area (TPSA) is 72.9 Å². The standard InChI is InChI=1S/C15H23NO5/c1-20-14(18)9-16-11-4-3-10(15(19)21-2)7-12(16)8-13(17)6-5-11/h10-12H,3-9H2,1-2H3. The molecule has 2 saturated heterocycles. The predicted octanol–water partition coefficient (Wildman–Crippen LogP) is 0.925. The van der Waals surface area contributed by atoms with Crippen LogP contribution in [-0.4, -0.2) is 55.5 Å². The van der Waals surface area contributed by atoms with E-state index in [1.165, 1.54) is 14.2 Å². The van der Waals surface area contributed by atoms with Gasteiger partial charge in [0.1, 0.15) is 5.78 Å². The van der Waals surface area contributed by atoms with Gasteiger partial charge >= 0.3 is 11.9 Å². The fourth-order valence-electron chi connectivity index (χ4n) is 3.49. The van der Waals surface area contributed by atoms with Gasteiger partial charge in [-0.1, -0.05) is 0 Å². The summed E-state index contributed by atoms with van der Waals surface area (Å²) < 4.78 is 9.62. The third-order valence-corrected chi connectivity index (χ3v) is 4.64. The third kappa shape index (κ3) is 3.81. The van der Waals surface area contributed by atoms with E-state index in [0.29, 0.717) is 19.3 Å². The Bertz CT molecular complexity index is 422. The van der Waals surface area contributed by atoms with Crippen molar-refractivity contribution in [1.82, 2.24) is 4.90 Å². The average Bonchev–Trinajstić information content (AvgIpc) is 2.73. The Hall–Kier alpha value is -1.43. The van der Waals surface area contributed by atoms with Crippen molar-refractivity contribution in [2.75, 3.05) is 20.8 Å². The van der Waals surface area contributed by atoms with E-state index in [1.807, 2.05) is 0 Å². The van der Waals surface area contributed by atoms with Gasteiger partial charge in [-0.05, 0) is 25.7 Å². The number of Topliss-reactive ketones (excluding diaryl/α,β-unsaturated/α-hetero) is 1. The number of nitrogens with zero attached hydrogens (tertiary/aromatic N) is 1. The second kappa shape index (κ2) is 7.02. The Labute approximate surface area is 124 Å². The summed E-state index contributed by atoms with van der Waals surface area (Å²) in [4.78, 5) is 37.5. The highest BCUT2D eigenvalue weighted by molar-refractivity contribution is 5.80. The normalized spacial score (nSPS) is 30.2. The second-order valence-electron chi connectivity index (χ2n) is 5.87. The first-order chi connectivity index (χ1) is 10.0. The second-order valence-corrected chi connectivity index (χ2v) is 5.87. The van der Waals surface area contributed by atoms with Crippen LogP contribution in [0.15, 0.2) is 0 Å². The Morgan fingerprint density at radius 1 is 1.14 bits per heavy atom. The molecule has 0 amide bonds. The number of ether oxygens (including phenoxy) is 2. The first-order valence-electron chi connectivity index (χ1n) is 7.47. The Morgan fingerprint density at radius 3 is 2.57 bits per heavy atom. The predicted molar refractivity (Wildman–Crippen MR) is 74.5 cm³/mol. The maximum Gasteiger partial charge on any atom is 0.319 e. The summed E-state index contributed by atoms with van der Waals surface area (Å²) in [7, 11) is 2.76. The fraction of sp³-hybridized carbons (Fsp3) is 0.800. The lowest BCUT2D eigenvalue weighted by Crippen LogP contribution is -2.44. The minimum atomic E-state index is -0.295. The summed E-state index contributed by atoms with van der Waals surface area (Å²) in [5, 5.41) is 0. The Morgan fingerprint density at radius 2 is 1.90 bits per heavy atom. The molecule has 0 N–H and O–H groups in total. The number of methoxy groups -OCH3 is 2. The maximum atomic E-state index is 11.9. The summed E-state index contributed by atoms with van der Waals surface area (Å²) in [6.07, 6.45) is 3.84. The highest BCUT2D eigenvalue weighted by Gasteiger charge is 2.39. The van der Waals surface area contributed by atoms with E-state index in [4.69, 9.17) is 9.47 Å². The van der Waals surface area contributed by atoms with Crippen molar-refractivity contribution < 1.29 is 23.9 Å². The summed E-state index contributed by atoms with van der Waals surface area (Å²) in [5.41, 5.74) is 0. The van der Waals surface area contributed by atoms with Crippen molar-refractivity contribution in [2.45, 2.75) is 50.6 Å². The zero-order valence-electron chi connectivity index (χ0n) is 12.7. The number of carbonyl (C=O) groups is 3. The molecule has 0 aromatic carbocycles. The number of carbonyl (C=O) groups excluding carboxylic acids is 3. The summed E-state index contributed by atoms with van der Waals surface area (Å²) in [5.74, 6) is -0.485. The molecule has 0 radical (unpaired) electrons. The Kier molecular flexibility index (Phi) is 5.33. The molecule has 6 nitrogen and oxygen atoms in total. The van der Waals surface area contributed by atoms with Crippen molar-refractivity contribution in [3.05, 3.63) is 0 Å². The van der Waals surface area contributed by atoms with Crippen LogP contribution in [0.4, 0.5) is 0 Å². The van der Waals surface area contributed by atoms with Gasteiger partial charge in [0, 0.05) is 24.9 Å². The SMILES string of the molecule is COC(=O)CN1C2CCC(=O)CC1CC(C(=O)OC)CC2. The number of esters is 2. The van der Waals surface area contributed by atoms with Crippen LogP contribution in [0.3, 0.4) is 0 Å². The molecular weight excluding hydrogens is 274 g/mol. The van der Waals surface area contributed by atoms with E-state index in [-0.39, 0.29) is 42.3 Å². The quantitative estimate of drug-likeness (QED) is 0.721. The molecule has 0 aliphatic carbocycles. The van der Waals surface area contributed by atoms with E-state index in [1.54, 1.807) is 0 Å². The molecule has 3 unspecified atom stereocenters. The fourth-order valence-corrected chi connectivity index (χ4v) is 3.49. The molecule has 21 heavy (non-hydrogen) atoms. The zero-order chi connectivity index (χ0) is 15.4. The van der Waals surface area contributed by atoms with Gasteiger partial charge in [0.15, 0.2) is 0 Å². The molecule has 0 aromatic heterocycles. The molecule has 6 heteroatoms. The van der Waals surface area contributed by atoms with Crippen molar-refractivity contribution in [2.24, 2.45) is 5.92 Å². The van der Waals surface area contributed by atoms with Gasteiger partial charge in [0.25, 0.3) is 0 Å². The minimum Gasteiger partial charge on any atom is -0.469 e. The first-order valence-corrected chi connectivity index (χ1v) is 7.47. The van der Waals surface area contributed by atoms with Gasteiger partial charge in [0.05, 0.1) is 26.7 Å². The van der Waals surface area contributed by atoms with Gasteiger partial charge in [-0.15, -0.1) is 0 Å². The summed E-state index contributed by atoms with van der Waals surface area (Å²) in [6.45, 7) is 0.188. The monoisotopic (exact) mass is 297 g/mol. The maximum absolute atomic E-state index is 11.9. The van der Waals surface area contributed by atoms with Crippen LogP contribution in [-0.2, 0) is 23.9 Å². The van der Waals surface area contributed by atoms with E-state index in [9.17, 15) is 14.4 Å². The molecule has 2 aliphatic rings. The van der Waals surface area contributed by atoms with Gasteiger partial charge in [0.2, 0.25) is 0 Å². The Balaban J connectivity index is 2.20. The van der Waals surface area contributed by atoms with Crippen LogP contribution in [0.5, 0.6) is 0 Å². The number of rotatable bonds is 3. The van der Waals surface area contributed by atoms with Crippen molar-refractivity contribution >= 4 is 17.7 Å². The molecule has 2 heterocycles. The van der Waals surface area contributed by atoms with E-state index < -0.39 is 0 Å². The zero-order valence-corrected chi connectivity index (χ0v) is 12.7. The lowest BCUT2D eigenvalue weighted by atomic mass is 9.92. The number of hydrogen-bond acceptors (Lipinski definition) is 6. The van der Waals surface area contributed by atoms with Crippen molar-refractivity contribution in [1.29, 1.82) is 0 Å². The first kappa shape index (κ1) is 15.9. The van der Waals surface area contributed by atoms with Crippen LogP contribution >= 0.6 is 0 Å². The minimum absolute atomic E-state index is 0.0734. The summed E-state index contributed by atoms with van der Waals surface area (Å²) in [6, 6.07) is 0.0888. The number of fused-ring (bicyclic) bond motifs is 2. The van der Waals surface area contributed by atoms with Crippen LogP contribution in [0.2, 0.25) is 0 Å². The lowest BCUT2D eigenvalue weighted by Gasteiger charge is -2.33. The van der Waals surface area contributed by atoms with Gasteiger partial charge in [-0.3, -0.25) is 19.3 Å². The molecule has 2 bridgehead atoms. The molecule has 2 fully saturated rings. The molecule has 2 rings (SSSR count). The molecule has 0 spiro atoms. The van der Waals surface area contributed by atoms with Gasteiger partial charge < -0.3 is 9.47 Å². The van der Waals surface area contributed by atoms with Crippen molar-refractivity contribution in [3.8, 4) is 0 Å². The molecular formula is C15H23NO5. The van der Waals surface area contributed by atoms with E-state index >= 15 is 0 Å². The smallest absolute Gasteiger partial charge is 0.319 e. The van der Waals surface area contributed by atoms with E-state index in [0.717, 1.165) is 19.3 Å². The van der Waals surface area contributed by atoms with Crippen LogP contribution in [0.1, 0.15) is 38.5 Å². The summed E-state index contributed by atoms with van der Waals surface area (Å²) >= 11 is 0. The van der Waals surface area contributed by atoms with Crippen molar-refractivity contribution in [3.63, 3.8) is 0 Å². The van der Waals surface area contributed by atoms with Gasteiger partial charge in [-0.25, -0.2) is 0 Å². The molecule has 0 aromatic rings. The molecule has 3 atom stereocenters. The largest absolute Gasteiger partial charge is 0.469 e. The highest BCUT2D eigenvalue weighted by Crippen LogP contribution is 2.33. The molecule has 118 valence electrons. The van der Waals surface area contributed by atoms with E-state index in [2.05, 4.69) is 4.90 Å². The lowest BCUT2D eigenvalue weighted by molar-refractivity contribution is -0.146. The average molecular weight is 297 g/mol. The van der Waals surface area contributed by atoms with Gasteiger partial charge in [-0.2, -0.15) is 0 Å².